The van der Waals surface area contributed by atoms with Crippen LogP contribution in [0.4, 0.5) is 0 Å². The maximum Gasteiger partial charge on any atom is 0.191 e. The van der Waals surface area contributed by atoms with Crippen LogP contribution >= 0.6 is 35.7 Å². The fourth-order valence-corrected chi connectivity index (χ4v) is 2.62. The lowest BCUT2D eigenvalue weighted by Gasteiger charge is -2.27. The van der Waals surface area contributed by atoms with Crippen LogP contribution in [-0.4, -0.2) is 40.0 Å². The minimum Gasteiger partial charge on any atom is -0.370 e. The number of thioether (sulfide) groups is 1. The molecule has 0 unspecified atom stereocenters. The predicted octanol–water partition coefficient (Wildman–Crippen LogP) is 1.51. The van der Waals surface area contributed by atoms with Crippen LogP contribution in [0.25, 0.3) is 0 Å². The van der Waals surface area contributed by atoms with Crippen LogP contribution in [0.5, 0.6) is 0 Å². The molecule has 1 aliphatic rings. The Hall–Kier alpha value is -0.370. The summed E-state index contributed by atoms with van der Waals surface area (Å²) in [4.78, 5) is 6.61. The van der Waals surface area contributed by atoms with Crippen molar-refractivity contribution in [3.63, 3.8) is 0 Å². The summed E-state index contributed by atoms with van der Waals surface area (Å²) in [6.07, 6.45) is 2.03. The summed E-state index contributed by atoms with van der Waals surface area (Å²) in [7, 11) is 2.03. The molecule has 2 N–H and O–H groups in total. The number of nitrogens with two attached hydrogens (primary N) is 1. The number of rotatable bonds is 2. The Morgan fingerprint density at radius 1 is 1.47 bits per heavy atom. The Labute approximate surface area is 124 Å². The van der Waals surface area contributed by atoms with Crippen molar-refractivity contribution < 1.29 is 0 Å². The summed E-state index contributed by atoms with van der Waals surface area (Å²) in [6, 6.07) is 4.10. The van der Waals surface area contributed by atoms with Gasteiger partial charge in [0.1, 0.15) is 0 Å². The Balaban J connectivity index is 0.00000144. The molecule has 2 rings (SSSR count). The van der Waals surface area contributed by atoms with Crippen LogP contribution in [0.15, 0.2) is 23.3 Å². The number of nitrogens with zero attached hydrogens (tertiary/aromatic N) is 3. The Morgan fingerprint density at radius 3 is 2.76 bits per heavy atom. The fourth-order valence-electron chi connectivity index (χ4n) is 1.72. The van der Waals surface area contributed by atoms with Crippen molar-refractivity contribution in [3.05, 3.63) is 24.0 Å². The highest BCUT2D eigenvalue weighted by Crippen LogP contribution is 2.09. The fraction of sp³-hybridized carbons (Fsp3) is 0.545. The highest BCUT2D eigenvalue weighted by atomic mass is 127. The van der Waals surface area contributed by atoms with Gasteiger partial charge in [0.05, 0.1) is 6.54 Å². The Kier molecular flexibility index (Phi) is 6.18. The van der Waals surface area contributed by atoms with Crippen LogP contribution in [0.1, 0.15) is 5.69 Å². The van der Waals surface area contributed by atoms with E-state index in [-0.39, 0.29) is 24.0 Å². The van der Waals surface area contributed by atoms with E-state index in [9.17, 15) is 0 Å². The summed E-state index contributed by atoms with van der Waals surface area (Å²) in [5.74, 6) is 2.99. The standard InChI is InChI=1S/C11H18N4S.HI/c1-14-4-2-3-10(14)9-13-11(12)15-5-7-16-8-6-15;/h2-4H,5-9H2,1H3,(H2,12,13);1H. The molecule has 1 aromatic heterocycles. The first-order valence-corrected chi connectivity index (χ1v) is 6.65. The first-order valence-electron chi connectivity index (χ1n) is 5.50. The topological polar surface area (TPSA) is 46.6 Å². The smallest absolute Gasteiger partial charge is 0.191 e. The van der Waals surface area contributed by atoms with Gasteiger partial charge >= 0.3 is 0 Å². The molecule has 0 aliphatic carbocycles. The van der Waals surface area contributed by atoms with E-state index in [2.05, 4.69) is 20.5 Å². The highest BCUT2D eigenvalue weighted by Gasteiger charge is 2.11. The van der Waals surface area contributed by atoms with Crippen molar-refractivity contribution >= 4 is 41.7 Å². The minimum atomic E-state index is 0. The molecular weight excluding hydrogens is 347 g/mol. The first-order chi connectivity index (χ1) is 7.77. The molecule has 1 saturated heterocycles. The van der Waals surface area contributed by atoms with Gasteiger partial charge in [-0.2, -0.15) is 11.8 Å². The molecule has 0 spiro atoms. The molecule has 1 fully saturated rings. The van der Waals surface area contributed by atoms with Crippen LogP contribution in [0.2, 0.25) is 0 Å². The molecule has 0 aromatic carbocycles. The summed E-state index contributed by atoms with van der Waals surface area (Å²) in [5, 5.41) is 0. The monoisotopic (exact) mass is 366 g/mol. The van der Waals surface area contributed by atoms with Gasteiger partial charge in [0.2, 0.25) is 0 Å². The number of aryl methyl sites for hydroxylation is 1. The zero-order valence-corrected chi connectivity index (χ0v) is 13.1. The molecule has 0 amide bonds. The molecule has 0 radical (unpaired) electrons. The average molecular weight is 366 g/mol. The van der Waals surface area contributed by atoms with Gasteiger partial charge in [-0.15, -0.1) is 24.0 Å². The van der Waals surface area contributed by atoms with Crippen LogP contribution in [-0.2, 0) is 13.6 Å². The zero-order chi connectivity index (χ0) is 11.4. The van der Waals surface area contributed by atoms with E-state index in [1.165, 1.54) is 5.69 Å². The van der Waals surface area contributed by atoms with Gasteiger partial charge in [0.15, 0.2) is 5.96 Å². The number of hydrogen-bond acceptors (Lipinski definition) is 2. The van der Waals surface area contributed by atoms with Crippen molar-refractivity contribution in [2.24, 2.45) is 17.8 Å². The van der Waals surface area contributed by atoms with Crippen LogP contribution < -0.4 is 5.73 Å². The lowest BCUT2D eigenvalue weighted by molar-refractivity contribution is 0.455. The van der Waals surface area contributed by atoms with E-state index in [1.54, 1.807) is 0 Å². The molecule has 4 nitrogen and oxygen atoms in total. The SMILES string of the molecule is Cn1cccc1CN=C(N)N1CCSCC1.I. The molecule has 2 heterocycles. The van der Waals surface area contributed by atoms with E-state index in [0.717, 1.165) is 24.6 Å². The lowest BCUT2D eigenvalue weighted by atomic mass is 10.4. The van der Waals surface area contributed by atoms with E-state index in [1.807, 2.05) is 31.1 Å². The molecule has 6 heteroatoms. The molecule has 1 aliphatic heterocycles. The van der Waals surface area contributed by atoms with Gasteiger partial charge in [0.25, 0.3) is 0 Å². The number of aliphatic imine (C=N–C) groups is 1. The van der Waals surface area contributed by atoms with Gasteiger partial charge in [-0.3, -0.25) is 0 Å². The maximum absolute atomic E-state index is 5.97. The second-order valence-corrected chi connectivity index (χ2v) is 5.11. The summed E-state index contributed by atoms with van der Waals surface area (Å²) in [5.41, 5.74) is 7.16. The van der Waals surface area contributed by atoms with Gasteiger partial charge < -0.3 is 15.2 Å². The predicted molar refractivity (Wildman–Crippen MR) is 85.1 cm³/mol. The van der Waals surface area contributed by atoms with Crippen molar-refractivity contribution in [1.29, 1.82) is 0 Å². The van der Waals surface area contributed by atoms with Gasteiger partial charge in [0, 0.05) is 43.5 Å². The van der Waals surface area contributed by atoms with E-state index in [4.69, 9.17) is 5.73 Å². The highest BCUT2D eigenvalue weighted by molar-refractivity contribution is 14.0. The van der Waals surface area contributed by atoms with E-state index in [0.29, 0.717) is 12.5 Å². The number of halogens is 1. The first kappa shape index (κ1) is 14.7. The van der Waals surface area contributed by atoms with Crippen molar-refractivity contribution in [2.45, 2.75) is 6.54 Å². The second kappa shape index (κ2) is 7.15. The molecule has 17 heavy (non-hydrogen) atoms. The normalized spacial score (nSPS) is 16.8. The van der Waals surface area contributed by atoms with Crippen LogP contribution in [0, 0.1) is 0 Å². The zero-order valence-electron chi connectivity index (χ0n) is 10.0. The molecule has 96 valence electrons. The maximum atomic E-state index is 5.97. The van der Waals surface area contributed by atoms with Crippen LogP contribution in [0.3, 0.4) is 0 Å². The van der Waals surface area contributed by atoms with E-state index >= 15 is 0 Å². The molecule has 0 atom stereocenters. The third-order valence-corrected chi connectivity index (χ3v) is 3.73. The van der Waals surface area contributed by atoms with Crippen molar-refractivity contribution in [3.8, 4) is 0 Å². The number of guanidine groups is 1. The third-order valence-electron chi connectivity index (χ3n) is 2.79. The largest absolute Gasteiger partial charge is 0.370 e. The van der Waals surface area contributed by atoms with Gasteiger partial charge in [-0.1, -0.05) is 0 Å². The quantitative estimate of drug-likeness (QED) is 0.490. The van der Waals surface area contributed by atoms with Gasteiger partial charge in [-0.05, 0) is 12.1 Å². The molecule has 1 aromatic rings. The average Bonchev–Trinajstić information content (AvgIpc) is 2.73. The number of aromatic nitrogens is 1. The van der Waals surface area contributed by atoms with Crippen molar-refractivity contribution in [1.82, 2.24) is 9.47 Å². The number of hydrogen-bond donors (Lipinski definition) is 1. The lowest BCUT2D eigenvalue weighted by Crippen LogP contribution is -2.42. The van der Waals surface area contributed by atoms with Gasteiger partial charge in [-0.25, -0.2) is 4.99 Å². The molecular formula is C11H19IN4S. The Morgan fingerprint density at radius 2 is 2.18 bits per heavy atom. The second-order valence-electron chi connectivity index (χ2n) is 3.88. The summed E-state index contributed by atoms with van der Waals surface area (Å²) in [6.45, 7) is 2.71. The molecule has 0 saturated carbocycles. The van der Waals surface area contributed by atoms with Crippen molar-refractivity contribution in [2.75, 3.05) is 24.6 Å². The molecule has 0 bridgehead atoms. The Bertz CT molecular complexity index is 371. The third kappa shape index (κ3) is 4.09. The summed E-state index contributed by atoms with van der Waals surface area (Å²) >= 11 is 1.98. The van der Waals surface area contributed by atoms with E-state index < -0.39 is 0 Å². The summed E-state index contributed by atoms with van der Waals surface area (Å²) < 4.78 is 2.07. The minimum absolute atomic E-state index is 0.